The Morgan fingerprint density at radius 2 is 0.976 bits per heavy atom. The maximum atomic E-state index is 7.80. The van der Waals surface area contributed by atoms with E-state index in [-0.39, 0.29) is 16.2 Å². The summed E-state index contributed by atoms with van der Waals surface area (Å²) in [6, 6.07) is 85.5. The van der Waals surface area contributed by atoms with Gasteiger partial charge < -0.3 is 14.5 Å². The van der Waals surface area contributed by atoms with E-state index >= 15 is 0 Å². The average Bonchev–Trinajstić information content (AvgIpc) is 1.52. The Morgan fingerprint density at radius 1 is 0.429 bits per heavy atom. The van der Waals surface area contributed by atoms with Crippen molar-refractivity contribution < 1.29 is 4.74 Å². The number of hydrogen-bond donors (Lipinski definition) is 0. The van der Waals surface area contributed by atoms with Gasteiger partial charge in [0.2, 0.25) is 0 Å². The summed E-state index contributed by atoms with van der Waals surface area (Å²) in [5.74, 6) is 2.44. The highest BCUT2D eigenvalue weighted by atomic mass is 16.5. The molecule has 0 amide bonds. The number of benzene rings is 10. The molecule has 5 nitrogen and oxygen atoms in total. The lowest BCUT2D eigenvalue weighted by Gasteiger charge is -2.32. The average molecular weight is 1090 g/mol. The number of fused-ring (bicyclic) bond motifs is 15. The Morgan fingerprint density at radius 3 is 1.64 bits per heavy atom. The maximum absolute atomic E-state index is 7.80. The predicted molar refractivity (Wildman–Crippen MR) is 350 cm³/mol. The molecular formula is C79H68N4O. The molecule has 0 bridgehead atoms. The van der Waals surface area contributed by atoms with Crippen LogP contribution in [-0.2, 0) is 21.7 Å². The van der Waals surface area contributed by atoms with Crippen LogP contribution in [-0.4, -0.2) is 16.2 Å². The summed E-state index contributed by atoms with van der Waals surface area (Å²) in [5.41, 5.74) is 24.3. The van der Waals surface area contributed by atoms with Gasteiger partial charge in [-0.1, -0.05) is 238 Å². The topological polar surface area (TPSA) is 33.5 Å². The zero-order valence-corrected chi connectivity index (χ0v) is 49.4. The maximum Gasteiger partial charge on any atom is 0.137 e. The normalized spacial score (nSPS) is 14.0. The molecule has 0 N–H and O–H groups in total. The largest absolute Gasteiger partial charge is 0.457 e. The van der Waals surface area contributed by atoms with Crippen molar-refractivity contribution in [3.8, 4) is 61.8 Å². The predicted octanol–water partition coefficient (Wildman–Crippen LogP) is 20.8. The number of hydrogen-bond acceptors (Lipinski definition) is 4. The lowest BCUT2D eigenvalue weighted by Crippen LogP contribution is -2.26. The van der Waals surface area contributed by atoms with Crippen molar-refractivity contribution >= 4 is 44.6 Å². The SMILES string of the molecule is CC(C)(C)c1cc(-c2cccc(-c3ccccc3)c2N2CN(c3cccc(Oc4cc5c(c6c4C4(c7ccccc7-c7ccccc74)c4ccccc4-6)c4ccccc4n5-c4cc(C(C)(C)C)ccn4)c3)c3ccccc32)cc(C(C)(C)C)c1. The van der Waals surface area contributed by atoms with Gasteiger partial charge in [-0.05, 0) is 120 Å². The first kappa shape index (κ1) is 51.4. The third-order valence-electron chi connectivity index (χ3n) is 18.2. The number of rotatable bonds is 7. The Balaban J connectivity index is 0.937. The van der Waals surface area contributed by atoms with Gasteiger partial charge in [0.25, 0.3) is 0 Å². The van der Waals surface area contributed by atoms with E-state index in [0.717, 1.165) is 51.0 Å². The zero-order valence-electron chi connectivity index (χ0n) is 49.4. The molecule has 10 aromatic carbocycles. The van der Waals surface area contributed by atoms with Crippen molar-refractivity contribution in [2.24, 2.45) is 0 Å². The molecule has 15 rings (SSSR count). The Hall–Kier alpha value is -9.45. The lowest BCUT2D eigenvalue weighted by molar-refractivity contribution is 0.472. The molecule has 0 radical (unpaired) electrons. The van der Waals surface area contributed by atoms with Gasteiger partial charge in [0.1, 0.15) is 24.0 Å². The quantitative estimate of drug-likeness (QED) is 0.159. The highest BCUT2D eigenvalue weighted by Crippen LogP contribution is 2.67. The molecular weight excluding hydrogens is 1020 g/mol. The van der Waals surface area contributed by atoms with E-state index in [1.807, 2.05) is 6.20 Å². The van der Waals surface area contributed by atoms with Crippen LogP contribution in [0.15, 0.2) is 237 Å². The number of nitrogens with zero attached hydrogens (tertiary/aromatic N) is 4. The van der Waals surface area contributed by atoms with Gasteiger partial charge in [-0.3, -0.25) is 4.57 Å². The van der Waals surface area contributed by atoms with Crippen molar-refractivity contribution in [1.29, 1.82) is 0 Å². The smallest absolute Gasteiger partial charge is 0.137 e. The number of pyridine rings is 1. The van der Waals surface area contributed by atoms with Crippen LogP contribution in [0.25, 0.3) is 72.1 Å². The van der Waals surface area contributed by atoms with E-state index < -0.39 is 5.41 Å². The first-order chi connectivity index (χ1) is 40.6. The first-order valence-corrected chi connectivity index (χ1v) is 29.7. The number of ether oxygens (including phenoxy) is 1. The fourth-order valence-electron chi connectivity index (χ4n) is 14.1. The van der Waals surface area contributed by atoms with Crippen molar-refractivity contribution in [3.63, 3.8) is 0 Å². The molecule has 3 heterocycles. The summed E-state index contributed by atoms with van der Waals surface area (Å²) in [5, 5.41) is 2.37. The summed E-state index contributed by atoms with van der Waals surface area (Å²) < 4.78 is 10.2. The Bertz CT molecular complexity index is 4560. The second-order valence-electron chi connectivity index (χ2n) is 26.4. The standard InChI is InChI=1S/C79H68N4O/c1-76(2,3)52-41-42-80-71(46-52)83-66-38-20-16-32-62(66)72-69(83)48-70(74-73(72)61-31-15-19-37-65(61)79(74)63-35-17-13-29-59(63)60-30-14-18-36-64(60)79)84-56-28-23-27-55(47-56)81-49-82(68-40-22-21-39-67(68)81)75-57(50-25-11-10-12-26-50)33-24-34-58(75)51-43-53(77(4,5)6)45-54(44-51)78(7,8)9/h10-48H,49H2,1-9H3. The van der Waals surface area contributed by atoms with Gasteiger partial charge >= 0.3 is 0 Å². The van der Waals surface area contributed by atoms with Crippen LogP contribution in [0.5, 0.6) is 11.5 Å². The van der Waals surface area contributed by atoms with E-state index in [2.05, 4.69) is 307 Å². The van der Waals surface area contributed by atoms with E-state index in [9.17, 15) is 0 Å². The van der Waals surface area contributed by atoms with Crippen LogP contribution in [0, 0.1) is 0 Å². The minimum absolute atomic E-state index is 0.0481. The molecule has 2 aliphatic carbocycles. The van der Waals surface area contributed by atoms with Gasteiger partial charge in [0, 0.05) is 57.0 Å². The van der Waals surface area contributed by atoms with Crippen molar-refractivity contribution in [1.82, 2.24) is 9.55 Å². The molecule has 0 saturated carbocycles. The second kappa shape index (κ2) is 18.8. The molecule has 3 aliphatic rings. The summed E-state index contributed by atoms with van der Waals surface area (Å²) in [7, 11) is 0. The second-order valence-corrected chi connectivity index (χ2v) is 26.4. The molecule has 2 aromatic heterocycles. The van der Waals surface area contributed by atoms with E-state index in [1.165, 1.54) is 94.3 Å². The molecule has 5 heteroatoms. The summed E-state index contributed by atoms with van der Waals surface area (Å²) in [6.45, 7) is 21.3. The number of anilines is 4. The third-order valence-corrected chi connectivity index (χ3v) is 18.2. The number of para-hydroxylation sites is 4. The molecule has 0 saturated heterocycles. The van der Waals surface area contributed by atoms with Crippen molar-refractivity contribution in [2.45, 2.75) is 84.0 Å². The molecule has 1 aliphatic heterocycles. The van der Waals surface area contributed by atoms with Crippen LogP contribution in [0.2, 0.25) is 0 Å². The molecule has 12 aromatic rings. The highest BCUT2D eigenvalue weighted by molar-refractivity contribution is 6.20. The van der Waals surface area contributed by atoms with Gasteiger partial charge in [-0.15, -0.1) is 0 Å². The molecule has 410 valence electrons. The lowest BCUT2D eigenvalue weighted by atomic mass is 9.70. The van der Waals surface area contributed by atoms with Crippen LogP contribution in [0.3, 0.4) is 0 Å². The first-order valence-electron chi connectivity index (χ1n) is 29.7. The van der Waals surface area contributed by atoms with E-state index in [1.54, 1.807) is 0 Å². The fourth-order valence-corrected chi connectivity index (χ4v) is 14.1. The Labute approximate surface area is 494 Å². The monoisotopic (exact) mass is 1090 g/mol. The summed E-state index contributed by atoms with van der Waals surface area (Å²) in [4.78, 5) is 10.2. The van der Waals surface area contributed by atoms with Crippen LogP contribution < -0.4 is 14.5 Å². The van der Waals surface area contributed by atoms with Gasteiger partial charge in [-0.2, -0.15) is 0 Å². The van der Waals surface area contributed by atoms with Crippen LogP contribution >= 0.6 is 0 Å². The molecule has 0 atom stereocenters. The molecule has 1 spiro atoms. The summed E-state index contributed by atoms with van der Waals surface area (Å²) in [6.07, 6.45) is 1.97. The van der Waals surface area contributed by atoms with Crippen molar-refractivity contribution in [2.75, 3.05) is 16.5 Å². The minimum atomic E-state index is -0.674. The Kier molecular flexibility index (Phi) is 11.5. The third kappa shape index (κ3) is 7.85. The van der Waals surface area contributed by atoms with Gasteiger partial charge in [-0.25, -0.2) is 4.98 Å². The van der Waals surface area contributed by atoms with Crippen LogP contribution in [0.4, 0.5) is 22.7 Å². The van der Waals surface area contributed by atoms with Crippen molar-refractivity contribution in [3.05, 3.63) is 276 Å². The fraction of sp³-hybridized carbons (Fsp3) is 0.177. The zero-order chi connectivity index (χ0) is 57.4. The molecule has 0 fully saturated rings. The van der Waals surface area contributed by atoms with Gasteiger partial charge in [0.15, 0.2) is 0 Å². The molecule has 84 heavy (non-hydrogen) atoms. The van der Waals surface area contributed by atoms with E-state index in [4.69, 9.17) is 9.72 Å². The summed E-state index contributed by atoms with van der Waals surface area (Å²) >= 11 is 0. The molecule has 0 unspecified atom stereocenters. The minimum Gasteiger partial charge on any atom is -0.457 e. The van der Waals surface area contributed by atoms with E-state index in [0.29, 0.717) is 6.67 Å². The number of aromatic nitrogens is 2. The van der Waals surface area contributed by atoms with Crippen LogP contribution in [0.1, 0.15) is 101 Å². The highest BCUT2D eigenvalue weighted by Gasteiger charge is 2.54. The van der Waals surface area contributed by atoms with Gasteiger partial charge in [0.05, 0.1) is 33.5 Å².